The summed E-state index contributed by atoms with van der Waals surface area (Å²) in [7, 11) is 2.10. The average molecular weight is 299 g/mol. The molecule has 14 heavy (non-hydrogen) atoms. The molecular formula is C12H14IN. The van der Waals surface area contributed by atoms with E-state index in [0.29, 0.717) is 0 Å². The Labute approximate surface area is 102 Å². The fraction of sp³-hybridized carbons (Fsp3) is 0.250. The molecule has 0 saturated carbocycles. The number of halogens is 1. The quantitative estimate of drug-likeness (QED) is 0.481. The number of pyridine rings is 1. The Morgan fingerprint density at radius 1 is 1.14 bits per heavy atom. The molecule has 0 saturated heterocycles. The van der Waals surface area contributed by atoms with E-state index in [1.165, 1.54) is 16.5 Å². The van der Waals surface area contributed by atoms with Crippen LogP contribution in [0.1, 0.15) is 12.6 Å². The topological polar surface area (TPSA) is 3.88 Å². The average Bonchev–Trinajstić information content (AvgIpc) is 2.17. The molecule has 0 N–H and O–H groups in total. The second kappa shape index (κ2) is 4.73. The number of nitrogens with zero attached hydrogens (tertiary/aromatic N) is 1. The molecule has 0 aliphatic carbocycles. The summed E-state index contributed by atoms with van der Waals surface area (Å²) in [5.74, 6) is 0. The zero-order valence-corrected chi connectivity index (χ0v) is 10.7. The number of aryl methyl sites for hydroxylation is 2. The summed E-state index contributed by atoms with van der Waals surface area (Å²) in [6.07, 6.45) is 3.27. The monoisotopic (exact) mass is 299 g/mol. The van der Waals surface area contributed by atoms with Crippen LogP contribution in [-0.4, -0.2) is 0 Å². The second-order valence-electron chi connectivity index (χ2n) is 3.36. The van der Waals surface area contributed by atoms with Gasteiger partial charge in [0.25, 0.3) is 0 Å². The van der Waals surface area contributed by atoms with Crippen molar-refractivity contribution in [1.29, 1.82) is 0 Å². The van der Waals surface area contributed by atoms with Gasteiger partial charge in [-0.3, -0.25) is 0 Å². The molecule has 0 spiro atoms. The smallest absolute Gasteiger partial charge is 0.181 e. The van der Waals surface area contributed by atoms with Crippen molar-refractivity contribution in [3.63, 3.8) is 0 Å². The van der Waals surface area contributed by atoms with Crippen molar-refractivity contribution < 1.29 is 28.5 Å². The zero-order chi connectivity index (χ0) is 9.26. The summed E-state index contributed by atoms with van der Waals surface area (Å²) >= 11 is 0. The lowest BCUT2D eigenvalue weighted by Gasteiger charge is -1.99. The van der Waals surface area contributed by atoms with Gasteiger partial charge in [-0.25, -0.2) is 4.57 Å². The lowest BCUT2D eigenvalue weighted by atomic mass is 10.1. The van der Waals surface area contributed by atoms with Crippen molar-refractivity contribution in [3.05, 3.63) is 42.2 Å². The Bertz CT molecular complexity index is 437. The first-order valence-electron chi connectivity index (χ1n) is 4.68. The van der Waals surface area contributed by atoms with Gasteiger partial charge in [-0.15, -0.1) is 0 Å². The van der Waals surface area contributed by atoms with Crippen LogP contribution in [0.2, 0.25) is 0 Å². The molecule has 1 aromatic carbocycles. The fourth-order valence-corrected chi connectivity index (χ4v) is 1.68. The Hall–Kier alpha value is -0.640. The van der Waals surface area contributed by atoms with Crippen LogP contribution in [0, 0.1) is 0 Å². The van der Waals surface area contributed by atoms with Gasteiger partial charge in [-0.1, -0.05) is 25.1 Å². The van der Waals surface area contributed by atoms with Crippen molar-refractivity contribution >= 4 is 10.8 Å². The first kappa shape index (κ1) is 11.4. The van der Waals surface area contributed by atoms with Crippen molar-refractivity contribution in [3.8, 4) is 0 Å². The predicted octanol–water partition coefficient (Wildman–Crippen LogP) is -0.769. The maximum Gasteiger partial charge on any atom is 0.181 e. The molecule has 0 aliphatic heterocycles. The third-order valence-corrected chi connectivity index (χ3v) is 2.47. The van der Waals surface area contributed by atoms with Gasteiger partial charge in [0.2, 0.25) is 0 Å². The van der Waals surface area contributed by atoms with Crippen LogP contribution in [0.5, 0.6) is 0 Å². The second-order valence-corrected chi connectivity index (χ2v) is 3.36. The SMILES string of the molecule is CCc1cc2ccccc2c[n+]1C.[I-]. The van der Waals surface area contributed by atoms with Crippen LogP contribution in [0.4, 0.5) is 0 Å². The van der Waals surface area contributed by atoms with Gasteiger partial charge in [-0.2, -0.15) is 0 Å². The van der Waals surface area contributed by atoms with Gasteiger partial charge < -0.3 is 24.0 Å². The van der Waals surface area contributed by atoms with Crippen molar-refractivity contribution in [2.75, 3.05) is 0 Å². The third-order valence-electron chi connectivity index (χ3n) is 2.47. The molecule has 1 aromatic heterocycles. The molecular weight excluding hydrogens is 285 g/mol. The van der Waals surface area contributed by atoms with E-state index in [1.54, 1.807) is 0 Å². The molecule has 0 radical (unpaired) electrons. The molecule has 1 nitrogen and oxygen atoms in total. The molecule has 2 rings (SSSR count). The lowest BCUT2D eigenvalue weighted by molar-refractivity contribution is -0.677. The minimum Gasteiger partial charge on any atom is -1.00 e. The minimum absolute atomic E-state index is 0. The highest BCUT2D eigenvalue weighted by atomic mass is 127. The number of aromatic nitrogens is 1. The van der Waals surface area contributed by atoms with E-state index in [9.17, 15) is 0 Å². The van der Waals surface area contributed by atoms with E-state index in [1.807, 2.05) is 0 Å². The van der Waals surface area contributed by atoms with E-state index >= 15 is 0 Å². The molecule has 2 aromatic rings. The number of hydrogen-bond donors (Lipinski definition) is 0. The van der Waals surface area contributed by atoms with Crippen LogP contribution in [0.15, 0.2) is 36.5 Å². The van der Waals surface area contributed by atoms with Crippen LogP contribution in [0.25, 0.3) is 10.8 Å². The molecule has 0 atom stereocenters. The Kier molecular flexibility index (Phi) is 3.86. The maximum atomic E-state index is 2.26. The van der Waals surface area contributed by atoms with Crippen LogP contribution >= 0.6 is 0 Å². The Morgan fingerprint density at radius 2 is 1.79 bits per heavy atom. The summed E-state index contributed by atoms with van der Waals surface area (Å²) < 4.78 is 2.20. The summed E-state index contributed by atoms with van der Waals surface area (Å²) in [5, 5.41) is 2.64. The first-order valence-corrected chi connectivity index (χ1v) is 4.68. The predicted molar refractivity (Wildman–Crippen MR) is 54.5 cm³/mol. The van der Waals surface area contributed by atoms with Gasteiger partial charge in [-0.05, 0) is 11.5 Å². The number of rotatable bonds is 1. The van der Waals surface area contributed by atoms with Gasteiger partial charge in [0, 0.05) is 17.9 Å². The molecule has 74 valence electrons. The van der Waals surface area contributed by atoms with E-state index in [4.69, 9.17) is 0 Å². The standard InChI is InChI=1S/C12H14N.HI/c1-3-12-8-10-6-4-5-7-11(10)9-13(12)2;/h4-9H,3H2,1-2H3;1H/q+1;/p-1. The fourth-order valence-electron chi connectivity index (χ4n) is 1.68. The Morgan fingerprint density at radius 3 is 2.43 bits per heavy atom. The van der Waals surface area contributed by atoms with E-state index in [0.717, 1.165) is 6.42 Å². The first-order chi connectivity index (χ1) is 6.31. The largest absolute Gasteiger partial charge is 1.00 e. The zero-order valence-electron chi connectivity index (χ0n) is 8.50. The van der Waals surface area contributed by atoms with Gasteiger partial charge >= 0.3 is 0 Å². The lowest BCUT2D eigenvalue weighted by Crippen LogP contribution is -3.00. The molecule has 0 amide bonds. The minimum atomic E-state index is 0. The molecule has 0 aliphatic rings. The van der Waals surface area contributed by atoms with Gasteiger partial charge in [0.05, 0.1) is 0 Å². The van der Waals surface area contributed by atoms with Crippen LogP contribution in [0.3, 0.4) is 0 Å². The highest BCUT2D eigenvalue weighted by Crippen LogP contribution is 2.11. The maximum absolute atomic E-state index is 2.26. The summed E-state index contributed by atoms with van der Waals surface area (Å²) in [5.41, 5.74) is 1.37. The Balaban J connectivity index is 0.000000980. The third kappa shape index (κ3) is 2.05. The van der Waals surface area contributed by atoms with Gasteiger partial charge in [0.15, 0.2) is 11.9 Å². The number of hydrogen-bond acceptors (Lipinski definition) is 0. The molecule has 2 heteroatoms. The normalized spacial score (nSPS) is 9.86. The van der Waals surface area contributed by atoms with E-state index in [-0.39, 0.29) is 24.0 Å². The number of fused-ring (bicyclic) bond motifs is 1. The van der Waals surface area contributed by atoms with Crippen LogP contribution < -0.4 is 28.5 Å². The van der Waals surface area contributed by atoms with Crippen molar-refractivity contribution in [1.82, 2.24) is 0 Å². The summed E-state index contributed by atoms with van der Waals surface area (Å²) in [6, 6.07) is 10.7. The highest BCUT2D eigenvalue weighted by molar-refractivity contribution is 5.80. The van der Waals surface area contributed by atoms with Gasteiger partial charge in [0.1, 0.15) is 7.05 Å². The number of benzene rings is 1. The van der Waals surface area contributed by atoms with Crippen molar-refractivity contribution in [2.45, 2.75) is 13.3 Å². The van der Waals surface area contributed by atoms with Crippen molar-refractivity contribution in [2.24, 2.45) is 7.05 Å². The van der Waals surface area contributed by atoms with E-state index < -0.39 is 0 Å². The molecule has 0 fully saturated rings. The highest BCUT2D eigenvalue weighted by Gasteiger charge is 2.05. The molecule has 0 unspecified atom stereocenters. The van der Waals surface area contributed by atoms with Crippen LogP contribution in [-0.2, 0) is 13.5 Å². The molecule has 1 heterocycles. The summed E-state index contributed by atoms with van der Waals surface area (Å²) in [4.78, 5) is 0. The van der Waals surface area contributed by atoms with E-state index in [2.05, 4.69) is 55.1 Å². The summed E-state index contributed by atoms with van der Waals surface area (Å²) in [6.45, 7) is 2.18. The molecule has 0 bridgehead atoms.